The van der Waals surface area contributed by atoms with E-state index in [0.717, 1.165) is 13.0 Å². The van der Waals surface area contributed by atoms with E-state index < -0.39 is 0 Å². The smallest absolute Gasteiger partial charge is 0.243 e. The lowest BCUT2D eigenvalue weighted by atomic mass is 9.54. The molecule has 3 nitrogen and oxygen atoms in total. The van der Waals surface area contributed by atoms with E-state index in [0.29, 0.717) is 23.7 Å². The highest BCUT2D eigenvalue weighted by molar-refractivity contribution is 5.88. The number of carbonyl (C=O) groups excluding carboxylic acids is 1. The molecular weight excluding hydrogens is 368 g/mol. The molecule has 1 N–H and O–H groups in total. The Hall–Kier alpha value is -1.90. The summed E-state index contributed by atoms with van der Waals surface area (Å²) in [6.45, 7) is 12.6. The summed E-state index contributed by atoms with van der Waals surface area (Å²) in [6.07, 6.45) is 14.3. The first-order valence-electron chi connectivity index (χ1n) is 11.9. The highest BCUT2D eigenvalue weighted by atomic mass is 16.1. The molecule has 1 fully saturated rings. The van der Waals surface area contributed by atoms with Gasteiger partial charge in [0.15, 0.2) is 0 Å². The van der Waals surface area contributed by atoms with Crippen molar-refractivity contribution in [2.45, 2.75) is 66.7 Å². The first-order chi connectivity index (χ1) is 14.3. The lowest BCUT2D eigenvalue weighted by Gasteiger charge is -2.50. The third kappa shape index (κ3) is 3.55. The molecule has 0 spiro atoms. The third-order valence-electron chi connectivity index (χ3n) is 8.96. The average Bonchev–Trinajstić information content (AvgIpc) is 2.99. The zero-order chi connectivity index (χ0) is 21.5. The van der Waals surface area contributed by atoms with Gasteiger partial charge in [0.25, 0.3) is 0 Å². The van der Waals surface area contributed by atoms with Crippen molar-refractivity contribution < 1.29 is 4.79 Å². The second-order valence-corrected chi connectivity index (χ2v) is 10.8. The van der Waals surface area contributed by atoms with Gasteiger partial charge in [-0.1, -0.05) is 52.3 Å². The zero-order valence-corrected chi connectivity index (χ0v) is 19.4. The second-order valence-electron chi connectivity index (χ2n) is 10.8. The predicted octanol–water partition coefficient (Wildman–Crippen LogP) is 6.04. The molecule has 0 radical (unpaired) electrons. The fourth-order valence-electron chi connectivity index (χ4n) is 6.55. The predicted molar refractivity (Wildman–Crippen MR) is 124 cm³/mol. The van der Waals surface area contributed by atoms with E-state index in [-0.39, 0.29) is 16.7 Å². The normalized spacial score (nSPS) is 35.2. The molecule has 2 aliphatic carbocycles. The van der Waals surface area contributed by atoms with Crippen LogP contribution in [0.2, 0.25) is 0 Å². The number of fused-ring (bicyclic) bond motifs is 1. The van der Waals surface area contributed by atoms with Crippen molar-refractivity contribution in [2.24, 2.45) is 34.5 Å². The van der Waals surface area contributed by atoms with Crippen molar-refractivity contribution in [1.82, 2.24) is 10.3 Å². The lowest BCUT2D eigenvalue weighted by Crippen LogP contribution is -2.41. The van der Waals surface area contributed by atoms with Crippen LogP contribution in [0.25, 0.3) is 5.57 Å². The van der Waals surface area contributed by atoms with Crippen molar-refractivity contribution in [1.29, 1.82) is 0 Å². The SMILES string of the molecule is CC(C)C(C)C1=CC(=O)NCC[C@]1(C)[C@H]1CC[C@]2(C)C(c3cccnc3)=CC[C@H]2C1. The van der Waals surface area contributed by atoms with Crippen LogP contribution in [0.3, 0.4) is 0 Å². The molecule has 0 bridgehead atoms. The number of rotatable bonds is 4. The molecule has 3 heteroatoms. The summed E-state index contributed by atoms with van der Waals surface area (Å²) in [5, 5.41) is 3.11. The van der Waals surface area contributed by atoms with Crippen LogP contribution < -0.4 is 5.32 Å². The van der Waals surface area contributed by atoms with E-state index in [4.69, 9.17) is 0 Å². The Morgan fingerprint density at radius 3 is 2.63 bits per heavy atom. The molecule has 1 amide bonds. The van der Waals surface area contributed by atoms with E-state index in [1.165, 1.54) is 42.4 Å². The maximum Gasteiger partial charge on any atom is 0.243 e. The summed E-state index contributed by atoms with van der Waals surface area (Å²) in [4.78, 5) is 16.8. The van der Waals surface area contributed by atoms with Gasteiger partial charge in [0.2, 0.25) is 5.91 Å². The molecule has 1 saturated carbocycles. The number of hydrogen-bond donors (Lipinski definition) is 1. The molecule has 1 aromatic heterocycles. The molecule has 3 aliphatic rings. The minimum atomic E-state index is 0.0984. The summed E-state index contributed by atoms with van der Waals surface area (Å²) < 4.78 is 0. The Morgan fingerprint density at radius 1 is 1.13 bits per heavy atom. The molecule has 1 aliphatic heterocycles. The number of amides is 1. The number of nitrogens with one attached hydrogen (secondary N) is 1. The van der Waals surface area contributed by atoms with Gasteiger partial charge in [0.1, 0.15) is 0 Å². The van der Waals surface area contributed by atoms with Gasteiger partial charge in [-0.2, -0.15) is 0 Å². The van der Waals surface area contributed by atoms with E-state index in [9.17, 15) is 4.79 Å². The Balaban J connectivity index is 1.61. The van der Waals surface area contributed by atoms with Crippen LogP contribution in [0.15, 0.2) is 42.3 Å². The topological polar surface area (TPSA) is 42.0 Å². The van der Waals surface area contributed by atoms with Gasteiger partial charge in [-0.05, 0) is 83.8 Å². The number of pyridine rings is 1. The van der Waals surface area contributed by atoms with Gasteiger partial charge in [-0.3, -0.25) is 9.78 Å². The Kier molecular flexibility index (Phi) is 5.67. The van der Waals surface area contributed by atoms with Crippen LogP contribution in [0.5, 0.6) is 0 Å². The van der Waals surface area contributed by atoms with Gasteiger partial charge >= 0.3 is 0 Å². The molecule has 1 unspecified atom stereocenters. The van der Waals surface area contributed by atoms with Gasteiger partial charge in [0.05, 0.1) is 0 Å². The summed E-state index contributed by atoms with van der Waals surface area (Å²) in [6, 6.07) is 4.27. The molecule has 30 heavy (non-hydrogen) atoms. The van der Waals surface area contributed by atoms with E-state index in [2.05, 4.69) is 63.1 Å². The monoisotopic (exact) mass is 406 g/mol. The highest BCUT2D eigenvalue weighted by Gasteiger charge is 2.50. The number of aromatic nitrogens is 1. The van der Waals surface area contributed by atoms with Crippen LogP contribution in [0.4, 0.5) is 0 Å². The summed E-state index contributed by atoms with van der Waals surface area (Å²) in [5.41, 5.74) is 4.54. The molecule has 0 saturated heterocycles. The first kappa shape index (κ1) is 21.3. The van der Waals surface area contributed by atoms with Gasteiger partial charge in [-0.15, -0.1) is 0 Å². The molecule has 2 heterocycles. The molecular formula is C27H38N2O. The van der Waals surface area contributed by atoms with Crippen LogP contribution in [-0.4, -0.2) is 17.4 Å². The molecule has 162 valence electrons. The number of hydrogen-bond acceptors (Lipinski definition) is 2. The van der Waals surface area contributed by atoms with Gasteiger partial charge in [0, 0.05) is 25.0 Å². The average molecular weight is 407 g/mol. The van der Waals surface area contributed by atoms with Crippen LogP contribution in [0.1, 0.15) is 72.3 Å². The van der Waals surface area contributed by atoms with Crippen molar-refractivity contribution in [3.63, 3.8) is 0 Å². The number of nitrogens with zero attached hydrogens (tertiary/aromatic N) is 1. The molecule has 1 aromatic rings. The van der Waals surface area contributed by atoms with Crippen LogP contribution in [0, 0.1) is 34.5 Å². The van der Waals surface area contributed by atoms with E-state index >= 15 is 0 Å². The molecule has 4 rings (SSSR count). The third-order valence-corrected chi connectivity index (χ3v) is 8.96. The molecule has 5 atom stereocenters. The summed E-state index contributed by atoms with van der Waals surface area (Å²) in [7, 11) is 0. The number of allylic oxidation sites excluding steroid dienone is 3. The minimum Gasteiger partial charge on any atom is -0.353 e. The van der Waals surface area contributed by atoms with Crippen molar-refractivity contribution in [3.05, 3.63) is 47.8 Å². The van der Waals surface area contributed by atoms with Gasteiger partial charge in [-0.25, -0.2) is 0 Å². The summed E-state index contributed by atoms with van der Waals surface area (Å²) >= 11 is 0. The van der Waals surface area contributed by atoms with Gasteiger partial charge < -0.3 is 5.32 Å². The van der Waals surface area contributed by atoms with Crippen molar-refractivity contribution in [2.75, 3.05) is 6.54 Å². The van der Waals surface area contributed by atoms with Crippen LogP contribution in [-0.2, 0) is 4.79 Å². The highest BCUT2D eigenvalue weighted by Crippen LogP contribution is 2.61. The second kappa shape index (κ2) is 7.98. The van der Waals surface area contributed by atoms with Crippen molar-refractivity contribution in [3.8, 4) is 0 Å². The standard InChI is InChI=1S/C27H38N2O/c1-18(2)19(3)24-16-25(30)29-14-12-27(24,5)22-10-11-26(4)21(15-22)8-9-23(26)20-7-6-13-28-17-20/h6-7,9,13,16-19,21-22H,8,10-12,14-15H2,1-5H3,(H,29,30)/t19?,21-,22-,26-,27+/m0/s1. The number of carbonyl (C=O) groups is 1. The lowest BCUT2D eigenvalue weighted by molar-refractivity contribution is -0.116. The zero-order valence-electron chi connectivity index (χ0n) is 19.4. The Morgan fingerprint density at radius 2 is 1.93 bits per heavy atom. The van der Waals surface area contributed by atoms with Crippen molar-refractivity contribution >= 4 is 11.5 Å². The maximum atomic E-state index is 12.4. The Bertz CT molecular complexity index is 855. The largest absolute Gasteiger partial charge is 0.353 e. The van der Waals surface area contributed by atoms with Crippen LogP contribution >= 0.6 is 0 Å². The summed E-state index contributed by atoms with van der Waals surface area (Å²) in [5.74, 6) is 2.40. The first-order valence-corrected chi connectivity index (χ1v) is 11.9. The fourth-order valence-corrected chi connectivity index (χ4v) is 6.55. The molecule has 0 aromatic carbocycles. The maximum absolute atomic E-state index is 12.4. The fraction of sp³-hybridized carbons (Fsp3) is 0.630. The Labute approximate surface area is 182 Å². The minimum absolute atomic E-state index is 0.0984. The van der Waals surface area contributed by atoms with E-state index in [1.807, 2.05) is 18.5 Å². The van der Waals surface area contributed by atoms with E-state index in [1.54, 1.807) is 0 Å². The quantitative estimate of drug-likeness (QED) is 0.663.